The number of rotatable bonds is 5. The van der Waals surface area contributed by atoms with Crippen LogP contribution in [-0.2, 0) is 29.3 Å². The van der Waals surface area contributed by atoms with Crippen LogP contribution in [0.3, 0.4) is 0 Å². The molecule has 3 aliphatic rings. The molecule has 2 aliphatic heterocycles. The number of allylic oxidation sites excluding steroid dienone is 1. The molecule has 1 aliphatic carbocycles. The van der Waals surface area contributed by atoms with Gasteiger partial charge in [-0.15, -0.1) is 0 Å². The Hall–Kier alpha value is -4.12. The zero-order valence-corrected chi connectivity index (χ0v) is 22.6. The van der Waals surface area contributed by atoms with E-state index in [1.807, 2.05) is 16.9 Å². The molecule has 1 aromatic rings. The lowest BCUT2D eigenvalue weighted by Crippen LogP contribution is -2.57. The minimum atomic E-state index is -4.38. The van der Waals surface area contributed by atoms with E-state index in [-0.39, 0.29) is 25.1 Å². The van der Waals surface area contributed by atoms with Crippen molar-refractivity contribution >= 4 is 39.7 Å². The molecular formula is C26H32N6O7S. The maximum absolute atomic E-state index is 13.4. The molecule has 4 rings (SSSR count). The minimum Gasteiger partial charge on any atom is -0.436 e. The first kappa shape index (κ1) is 28.9. The number of anilines is 1. The van der Waals surface area contributed by atoms with Gasteiger partial charge in [0, 0.05) is 12.5 Å². The van der Waals surface area contributed by atoms with Gasteiger partial charge in [0.05, 0.1) is 17.3 Å². The molecule has 2 heterocycles. The van der Waals surface area contributed by atoms with Crippen LogP contribution in [0.1, 0.15) is 56.9 Å². The van der Waals surface area contributed by atoms with Gasteiger partial charge in [-0.05, 0) is 69.2 Å². The van der Waals surface area contributed by atoms with Gasteiger partial charge in [-0.25, -0.2) is 9.52 Å². The Morgan fingerprint density at radius 3 is 2.58 bits per heavy atom. The van der Waals surface area contributed by atoms with Crippen LogP contribution in [0.2, 0.25) is 0 Å². The number of amides is 4. The Kier molecular flexibility index (Phi) is 8.63. The van der Waals surface area contributed by atoms with Gasteiger partial charge in [-0.1, -0.05) is 18.6 Å². The number of carbonyl (C=O) groups excluding carboxylic acids is 4. The van der Waals surface area contributed by atoms with Gasteiger partial charge in [0.1, 0.15) is 11.6 Å². The number of nitrogens with one attached hydrogen (secondary N) is 3. The Bertz CT molecular complexity index is 1340. The van der Waals surface area contributed by atoms with Gasteiger partial charge >= 0.3 is 16.3 Å². The molecule has 40 heavy (non-hydrogen) atoms. The van der Waals surface area contributed by atoms with Crippen molar-refractivity contribution in [1.82, 2.24) is 14.9 Å². The number of primary amides is 1. The van der Waals surface area contributed by atoms with Crippen LogP contribution in [0.4, 0.5) is 10.5 Å². The number of carbonyl (C=O) groups is 4. The van der Waals surface area contributed by atoms with E-state index in [0.717, 1.165) is 12.8 Å². The van der Waals surface area contributed by atoms with Crippen LogP contribution in [0.15, 0.2) is 36.4 Å². The van der Waals surface area contributed by atoms with Crippen molar-refractivity contribution in [2.24, 2.45) is 11.7 Å². The number of nitriles is 1. The summed E-state index contributed by atoms with van der Waals surface area (Å²) in [5.41, 5.74) is 4.14. The highest BCUT2D eigenvalue weighted by atomic mass is 32.2. The number of nitrogens with two attached hydrogens (primary N) is 1. The predicted molar refractivity (Wildman–Crippen MR) is 142 cm³/mol. The number of hydrogen-bond donors (Lipinski definition) is 4. The van der Waals surface area contributed by atoms with E-state index >= 15 is 0 Å². The molecule has 1 saturated heterocycles. The smallest absolute Gasteiger partial charge is 0.405 e. The summed E-state index contributed by atoms with van der Waals surface area (Å²) >= 11 is 0. The molecule has 2 fully saturated rings. The van der Waals surface area contributed by atoms with Crippen molar-refractivity contribution in [3.05, 3.63) is 42.0 Å². The number of ether oxygens (including phenoxy) is 1. The molecule has 4 amide bonds. The summed E-state index contributed by atoms with van der Waals surface area (Å²) in [7, 11) is -4.38. The quantitative estimate of drug-likeness (QED) is 0.377. The highest BCUT2D eigenvalue weighted by Gasteiger charge is 2.61. The molecule has 4 atom stereocenters. The number of hydrogen-bond acceptors (Lipinski definition) is 8. The summed E-state index contributed by atoms with van der Waals surface area (Å²) in [6.07, 6.45) is 5.63. The molecule has 1 aromatic carbocycles. The van der Waals surface area contributed by atoms with E-state index < -0.39 is 57.6 Å². The van der Waals surface area contributed by atoms with E-state index in [1.54, 1.807) is 6.08 Å². The molecule has 0 radical (unpaired) electrons. The van der Waals surface area contributed by atoms with Crippen LogP contribution < -0.4 is 20.5 Å². The van der Waals surface area contributed by atoms with Gasteiger partial charge in [0.2, 0.25) is 5.91 Å². The van der Waals surface area contributed by atoms with E-state index in [9.17, 15) is 27.6 Å². The van der Waals surface area contributed by atoms with Crippen molar-refractivity contribution in [2.45, 2.75) is 69.1 Å². The number of nitrogens with zero attached hydrogens (tertiary/aromatic N) is 2. The Balaban J connectivity index is 1.54. The summed E-state index contributed by atoms with van der Waals surface area (Å²) in [4.78, 5) is 52.9. The fraction of sp³-hybridized carbons (Fsp3) is 0.500. The van der Waals surface area contributed by atoms with E-state index in [0.29, 0.717) is 31.2 Å². The Morgan fingerprint density at radius 2 is 1.88 bits per heavy atom. The third-order valence-corrected chi connectivity index (χ3v) is 8.30. The van der Waals surface area contributed by atoms with E-state index in [4.69, 9.17) is 15.7 Å². The van der Waals surface area contributed by atoms with Crippen LogP contribution in [0, 0.1) is 17.2 Å². The molecule has 0 spiro atoms. The maximum Gasteiger partial charge on any atom is 0.405 e. The second-order valence-corrected chi connectivity index (χ2v) is 11.6. The molecule has 4 unspecified atom stereocenters. The van der Waals surface area contributed by atoms with Crippen LogP contribution in [-0.4, -0.2) is 61.4 Å². The molecule has 13 nitrogen and oxygen atoms in total. The summed E-state index contributed by atoms with van der Waals surface area (Å²) in [6.45, 7) is 0.265. The van der Waals surface area contributed by atoms with Crippen molar-refractivity contribution in [2.75, 3.05) is 11.3 Å². The lowest BCUT2D eigenvalue weighted by Gasteiger charge is -2.29. The molecule has 0 aromatic heterocycles. The maximum atomic E-state index is 13.4. The van der Waals surface area contributed by atoms with Crippen LogP contribution in [0.5, 0.6) is 0 Å². The zero-order chi connectivity index (χ0) is 28.9. The number of fused-ring (bicyclic) bond motifs is 2. The van der Waals surface area contributed by atoms with Crippen molar-refractivity contribution < 1.29 is 32.3 Å². The van der Waals surface area contributed by atoms with Crippen LogP contribution in [0.25, 0.3) is 0 Å². The first-order valence-corrected chi connectivity index (χ1v) is 14.6. The van der Waals surface area contributed by atoms with E-state index in [2.05, 4.69) is 10.0 Å². The summed E-state index contributed by atoms with van der Waals surface area (Å²) in [5.74, 6) is -2.47. The average Bonchev–Trinajstić information content (AvgIpc) is 3.36. The normalized spacial score (nSPS) is 27.9. The topological polar surface area (TPSA) is 201 Å². The molecule has 0 bridgehead atoms. The average molecular weight is 573 g/mol. The lowest BCUT2D eigenvalue weighted by atomic mass is 10.1. The summed E-state index contributed by atoms with van der Waals surface area (Å²) in [5, 5.41) is 11.7. The second kappa shape index (κ2) is 12.0. The third kappa shape index (κ3) is 6.71. The first-order chi connectivity index (χ1) is 19.0. The van der Waals surface area contributed by atoms with Gasteiger partial charge in [-0.3, -0.25) is 19.1 Å². The summed E-state index contributed by atoms with van der Waals surface area (Å²) in [6, 6.07) is 6.63. The third-order valence-electron chi connectivity index (χ3n) is 7.34. The van der Waals surface area contributed by atoms with Crippen molar-refractivity contribution in [1.29, 1.82) is 5.26 Å². The highest BCUT2D eigenvalue weighted by Crippen LogP contribution is 2.45. The second-order valence-electron chi connectivity index (χ2n) is 10.2. The SMILES string of the molecule is N#Cc1ccc(NS(=O)(=O)NC(=O)C23CC2/C=C/CCCCCC(OC(N)=O)C(=O)N2CCCC2C(=O)N3)cc1. The van der Waals surface area contributed by atoms with Crippen molar-refractivity contribution in [3.8, 4) is 6.07 Å². The molecular weight excluding hydrogens is 540 g/mol. The molecule has 214 valence electrons. The summed E-state index contributed by atoms with van der Waals surface area (Å²) < 4.78 is 34.8. The fourth-order valence-electron chi connectivity index (χ4n) is 5.18. The van der Waals surface area contributed by atoms with Crippen molar-refractivity contribution in [3.63, 3.8) is 0 Å². The van der Waals surface area contributed by atoms with Crippen LogP contribution >= 0.6 is 0 Å². The molecule has 1 saturated carbocycles. The van der Waals surface area contributed by atoms with Gasteiger partial charge < -0.3 is 20.7 Å². The standard InChI is InChI=1S/C26H32N6O7S/c27-16-17-10-12-19(13-11-17)30-40(37,38)31-24(35)26-15-18(26)7-4-2-1-3-5-9-21(39-25(28)36)23(34)32-14-6-8-20(32)22(33)29-26/h4,7,10-13,18,20-21,30H,1-3,5-6,8-9,14-15H2,(H2,28,36)(H,29,33)(H,31,35)/b7-4+. The monoisotopic (exact) mass is 572 g/mol. The predicted octanol–water partition coefficient (Wildman–Crippen LogP) is 1.18. The van der Waals surface area contributed by atoms with E-state index in [1.165, 1.54) is 29.2 Å². The Morgan fingerprint density at radius 1 is 1.12 bits per heavy atom. The largest absolute Gasteiger partial charge is 0.436 e. The van der Waals surface area contributed by atoms with Gasteiger partial charge in [0.15, 0.2) is 6.10 Å². The molecule has 5 N–H and O–H groups in total. The van der Waals surface area contributed by atoms with Gasteiger partial charge in [-0.2, -0.15) is 13.7 Å². The number of benzene rings is 1. The zero-order valence-electron chi connectivity index (χ0n) is 21.8. The first-order valence-electron chi connectivity index (χ1n) is 13.1. The Labute approximate surface area is 232 Å². The van der Waals surface area contributed by atoms with Gasteiger partial charge in [0.25, 0.3) is 11.8 Å². The lowest BCUT2D eigenvalue weighted by molar-refractivity contribution is -0.146. The minimum absolute atomic E-state index is 0.142. The fourth-order valence-corrected chi connectivity index (χ4v) is 6.11. The highest BCUT2D eigenvalue weighted by molar-refractivity contribution is 7.91. The molecule has 14 heteroatoms.